The maximum atomic E-state index is 12.5. The van der Waals surface area contributed by atoms with Crippen LogP contribution in [0.2, 0.25) is 0 Å². The first kappa shape index (κ1) is 13.6. The van der Waals surface area contributed by atoms with Crippen LogP contribution in [0.4, 0.5) is 0 Å². The van der Waals surface area contributed by atoms with Crippen molar-refractivity contribution in [3.63, 3.8) is 0 Å². The van der Waals surface area contributed by atoms with Gasteiger partial charge in [0.05, 0.1) is 12.1 Å². The van der Waals surface area contributed by atoms with Gasteiger partial charge in [-0.2, -0.15) is 0 Å². The summed E-state index contributed by atoms with van der Waals surface area (Å²) in [7, 11) is 0. The second-order valence-electron chi connectivity index (χ2n) is 5.22. The van der Waals surface area contributed by atoms with E-state index in [1.807, 2.05) is 29.2 Å². The van der Waals surface area contributed by atoms with Crippen molar-refractivity contribution in [3.05, 3.63) is 35.4 Å². The molecule has 2 unspecified atom stereocenters. The highest BCUT2D eigenvalue weighted by Crippen LogP contribution is 2.24. The van der Waals surface area contributed by atoms with Gasteiger partial charge in [0.2, 0.25) is 0 Å². The Hall–Kier alpha value is -1.79. The quantitative estimate of drug-likeness (QED) is 0.778. The molecular formula is C16H20N2O. The number of hydrogen-bond donors (Lipinski definition) is 1. The molecule has 2 N–H and O–H groups in total. The van der Waals surface area contributed by atoms with Gasteiger partial charge in [0.1, 0.15) is 0 Å². The van der Waals surface area contributed by atoms with Gasteiger partial charge in [0.15, 0.2) is 0 Å². The number of amides is 1. The van der Waals surface area contributed by atoms with Gasteiger partial charge in [-0.3, -0.25) is 4.79 Å². The number of hydrogen-bond acceptors (Lipinski definition) is 2. The number of nitrogens with zero attached hydrogens (tertiary/aromatic N) is 1. The van der Waals surface area contributed by atoms with Gasteiger partial charge in [0.25, 0.3) is 5.91 Å². The Kier molecular flexibility index (Phi) is 4.24. The number of likely N-dealkylation sites (tertiary alicyclic amines) is 1. The standard InChI is InChI=1S/C16H20N2O/c1-12-10-18(11-13(12)2)16(19)15-8-4-3-6-14(15)7-5-9-17/h3-4,6,8,12-13H,9-11,17H2,1-2H3. The fourth-order valence-corrected chi connectivity index (χ4v) is 2.39. The predicted octanol–water partition coefficient (Wildman–Crippen LogP) is 1.72. The van der Waals surface area contributed by atoms with Crippen molar-refractivity contribution in [1.29, 1.82) is 0 Å². The van der Waals surface area contributed by atoms with E-state index in [9.17, 15) is 4.79 Å². The van der Waals surface area contributed by atoms with E-state index in [0.29, 0.717) is 23.9 Å². The van der Waals surface area contributed by atoms with E-state index in [2.05, 4.69) is 25.7 Å². The molecule has 1 heterocycles. The molecule has 0 aliphatic carbocycles. The molecule has 1 fully saturated rings. The molecule has 2 atom stereocenters. The third-order valence-electron chi connectivity index (χ3n) is 3.76. The van der Waals surface area contributed by atoms with Gasteiger partial charge in [-0.1, -0.05) is 37.8 Å². The molecule has 3 heteroatoms. The number of carbonyl (C=O) groups is 1. The van der Waals surface area contributed by atoms with Crippen molar-refractivity contribution in [1.82, 2.24) is 4.90 Å². The van der Waals surface area contributed by atoms with Crippen LogP contribution in [0.15, 0.2) is 24.3 Å². The van der Waals surface area contributed by atoms with Gasteiger partial charge in [-0.25, -0.2) is 0 Å². The summed E-state index contributed by atoms with van der Waals surface area (Å²) in [6.45, 7) is 6.35. The maximum absolute atomic E-state index is 12.5. The Morgan fingerprint density at radius 1 is 1.32 bits per heavy atom. The average Bonchev–Trinajstić information content (AvgIpc) is 2.76. The second-order valence-corrected chi connectivity index (χ2v) is 5.22. The maximum Gasteiger partial charge on any atom is 0.255 e. The molecule has 0 aromatic heterocycles. The molecule has 1 aliphatic heterocycles. The summed E-state index contributed by atoms with van der Waals surface area (Å²) in [5.41, 5.74) is 6.85. The summed E-state index contributed by atoms with van der Waals surface area (Å²) in [5.74, 6) is 7.00. The summed E-state index contributed by atoms with van der Waals surface area (Å²) in [4.78, 5) is 14.5. The molecule has 100 valence electrons. The van der Waals surface area contributed by atoms with Crippen LogP contribution in [-0.4, -0.2) is 30.4 Å². The number of carbonyl (C=O) groups excluding carboxylic acids is 1. The summed E-state index contributed by atoms with van der Waals surface area (Å²) in [6, 6.07) is 7.49. The average molecular weight is 256 g/mol. The van der Waals surface area contributed by atoms with Crippen LogP contribution in [0.5, 0.6) is 0 Å². The third-order valence-corrected chi connectivity index (χ3v) is 3.76. The van der Waals surface area contributed by atoms with Crippen LogP contribution in [0.25, 0.3) is 0 Å². The number of rotatable bonds is 1. The lowest BCUT2D eigenvalue weighted by Crippen LogP contribution is -2.29. The molecule has 3 nitrogen and oxygen atoms in total. The van der Waals surface area contributed by atoms with Gasteiger partial charge < -0.3 is 10.6 Å². The van der Waals surface area contributed by atoms with E-state index in [1.165, 1.54) is 0 Å². The molecule has 1 saturated heterocycles. The van der Waals surface area contributed by atoms with Crippen molar-refractivity contribution in [2.45, 2.75) is 13.8 Å². The molecule has 1 aliphatic rings. The van der Waals surface area contributed by atoms with Crippen molar-refractivity contribution in [2.75, 3.05) is 19.6 Å². The first-order valence-corrected chi connectivity index (χ1v) is 6.70. The lowest BCUT2D eigenvalue weighted by atomic mass is 10.0. The van der Waals surface area contributed by atoms with E-state index in [-0.39, 0.29) is 5.91 Å². The zero-order valence-corrected chi connectivity index (χ0v) is 11.5. The minimum Gasteiger partial charge on any atom is -0.338 e. The predicted molar refractivity (Wildman–Crippen MR) is 76.6 cm³/mol. The van der Waals surface area contributed by atoms with Gasteiger partial charge in [-0.05, 0) is 24.0 Å². The van der Waals surface area contributed by atoms with E-state index >= 15 is 0 Å². The van der Waals surface area contributed by atoms with Crippen molar-refractivity contribution < 1.29 is 4.79 Å². The normalized spacial score (nSPS) is 21.9. The smallest absolute Gasteiger partial charge is 0.255 e. The number of benzene rings is 1. The number of nitrogens with two attached hydrogens (primary N) is 1. The minimum absolute atomic E-state index is 0.0816. The molecule has 0 radical (unpaired) electrons. The molecular weight excluding hydrogens is 236 g/mol. The molecule has 1 aromatic rings. The minimum atomic E-state index is 0.0816. The van der Waals surface area contributed by atoms with Gasteiger partial charge in [-0.15, -0.1) is 0 Å². The molecule has 0 spiro atoms. The van der Waals surface area contributed by atoms with Crippen LogP contribution in [0.1, 0.15) is 29.8 Å². The first-order valence-electron chi connectivity index (χ1n) is 6.70. The second kappa shape index (κ2) is 5.90. The highest BCUT2D eigenvalue weighted by atomic mass is 16.2. The van der Waals surface area contributed by atoms with Crippen LogP contribution >= 0.6 is 0 Å². The first-order chi connectivity index (χ1) is 9.13. The highest BCUT2D eigenvalue weighted by Gasteiger charge is 2.30. The Bertz CT molecular complexity index is 517. The summed E-state index contributed by atoms with van der Waals surface area (Å²) < 4.78 is 0. The summed E-state index contributed by atoms with van der Waals surface area (Å²) in [6.07, 6.45) is 0. The zero-order valence-electron chi connectivity index (χ0n) is 11.5. The molecule has 1 aromatic carbocycles. The fourth-order valence-electron chi connectivity index (χ4n) is 2.39. The largest absolute Gasteiger partial charge is 0.338 e. The summed E-state index contributed by atoms with van der Waals surface area (Å²) in [5, 5.41) is 0. The van der Waals surface area contributed by atoms with Crippen molar-refractivity contribution in [3.8, 4) is 11.8 Å². The molecule has 19 heavy (non-hydrogen) atoms. The Morgan fingerprint density at radius 2 is 1.95 bits per heavy atom. The molecule has 2 rings (SSSR count). The Labute approximate surface area is 114 Å². The molecule has 0 bridgehead atoms. The zero-order chi connectivity index (χ0) is 13.8. The van der Waals surface area contributed by atoms with Gasteiger partial charge >= 0.3 is 0 Å². The Balaban J connectivity index is 2.24. The van der Waals surface area contributed by atoms with E-state index in [4.69, 9.17) is 5.73 Å². The van der Waals surface area contributed by atoms with Crippen LogP contribution in [0.3, 0.4) is 0 Å². The molecule has 1 amide bonds. The fraction of sp³-hybridized carbons (Fsp3) is 0.438. The van der Waals surface area contributed by atoms with Crippen LogP contribution in [-0.2, 0) is 0 Å². The van der Waals surface area contributed by atoms with Crippen LogP contribution in [0, 0.1) is 23.7 Å². The Morgan fingerprint density at radius 3 is 2.58 bits per heavy atom. The lowest BCUT2D eigenvalue weighted by molar-refractivity contribution is 0.0784. The van der Waals surface area contributed by atoms with E-state index < -0.39 is 0 Å². The highest BCUT2D eigenvalue weighted by molar-refractivity contribution is 5.97. The van der Waals surface area contributed by atoms with Gasteiger partial charge in [0, 0.05) is 18.7 Å². The summed E-state index contributed by atoms with van der Waals surface area (Å²) >= 11 is 0. The van der Waals surface area contributed by atoms with Crippen molar-refractivity contribution in [2.24, 2.45) is 17.6 Å². The third kappa shape index (κ3) is 2.97. The molecule has 0 saturated carbocycles. The topological polar surface area (TPSA) is 46.3 Å². The van der Waals surface area contributed by atoms with Crippen molar-refractivity contribution >= 4 is 5.91 Å². The van der Waals surface area contributed by atoms with E-state index in [0.717, 1.165) is 18.7 Å². The van der Waals surface area contributed by atoms with E-state index in [1.54, 1.807) is 0 Å². The van der Waals surface area contributed by atoms with Crippen LogP contribution < -0.4 is 5.73 Å². The monoisotopic (exact) mass is 256 g/mol. The lowest BCUT2D eigenvalue weighted by Gasteiger charge is -2.17. The SMILES string of the molecule is CC1CN(C(=O)c2ccccc2C#CCN)CC1C.